The number of nitrogens with zero attached hydrogens (tertiary/aromatic N) is 1. The molecule has 0 aromatic heterocycles. The quantitative estimate of drug-likeness (QED) is 0.685. The van der Waals surface area contributed by atoms with Gasteiger partial charge in [0.1, 0.15) is 0 Å². The molecule has 1 saturated heterocycles. The lowest BCUT2D eigenvalue weighted by atomic mass is 9.95. The lowest BCUT2D eigenvalue weighted by Gasteiger charge is -2.32. The third-order valence-corrected chi connectivity index (χ3v) is 2.98. The lowest BCUT2D eigenvalue weighted by Crippen LogP contribution is -2.40. The molecule has 1 aliphatic rings. The fourth-order valence-electron chi connectivity index (χ4n) is 2.22. The molecule has 0 aromatic carbocycles. The van der Waals surface area contributed by atoms with Crippen molar-refractivity contribution >= 4 is 5.91 Å². The molecule has 0 spiro atoms. The molecule has 0 aliphatic carbocycles. The number of piperidine rings is 1. The van der Waals surface area contributed by atoms with E-state index < -0.39 is 0 Å². The van der Waals surface area contributed by atoms with E-state index in [1.165, 1.54) is 19.4 Å². The number of hydrogen-bond acceptors (Lipinski definition) is 3. The summed E-state index contributed by atoms with van der Waals surface area (Å²) in [4.78, 5) is 13.1. The minimum atomic E-state index is 0.0607. The molecule has 88 valence electrons. The summed E-state index contributed by atoms with van der Waals surface area (Å²) in [7, 11) is 0. The molecule has 1 aliphatic heterocycles. The minimum Gasteiger partial charge on any atom is -0.355 e. The summed E-state index contributed by atoms with van der Waals surface area (Å²) < 4.78 is 0. The van der Waals surface area contributed by atoms with Crippen molar-refractivity contribution in [3.63, 3.8) is 0 Å². The number of carbonyl (C=O) groups excluding carboxylic acids is 1. The van der Waals surface area contributed by atoms with Crippen molar-refractivity contribution in [2.45, 2.75) is 26.2 Å². The molecule has 3 N–H and O–H groups in total. The molecule has 1 rings (SSSR count). The topological polar surface area (TPSA) is 58.4 Å². The van der Waals surface area contributed by atoms with Gasteiger partial charge >= 0.3 is 0 Å². The van der Waals surface area contributed by atoms with Gasteiger partial charge in [-0.25, -0.2) is 0 Å². The Morgan fingerprint density at radius 1 is 1.60 bits per heavy atom. The Kier molecular flexibility index (Phi) is 5.65. The van der Waals surface area contributed by atoms with E-state index in [9.17, 15) is 4.79 Å². The maximum atomic E-state index is 10.7. The van der Waals surface area contributed by atoms with E-state index in [0.29, 0.717) is 0 Å². The molecule has 1 fully saturated rings. The van der Waals surface area contributed by atoms with Crippen molar-refractivity contribution in [3.05, 3.63) is 0 Å². The zero-order chi connectivity index (χ0) is 11.1. The van der Waals surface area contributed by atoms with Crippen molar-refractivity contribution in [1.82, 2.24) is 10.2 Å². The van der Waals surface area contributed by atoms with Crippen LogP contribution in [0.25, 0.3) is 0 Å². The minimum absolute atomic E-state index is 0.0607. The Hall–Kier alpha value is -0.610. The summed E-state index contributed by atoms with van der Waals surface area (Å²) in [5.41, 5.74) is 5.57. The van der Waals surface area contributed by atoms with E-state index in [2.05, 4.69) is 10.2 Å². The number of nitrogens with one attached hydrogen (secondary N) is 1. The first-order valence-electron chi connectivity index (χ1n) is 5.89. The van der Waals surface area contributed by atoms with Crippen LogP contribution >= 0.6 is 0 Å². The number of rotatable bonds is 5. The Labute approximate surface area is 92.2 Å². The maximum absolute atomic E-state index is 10.7. The molecule has 0 saturated carbocycles. The first-order chi connectivity index (χ1) is 7.22. The van der Waals surface area contributed by atoms with Crippen LogP contribution in [0.15, 0.2) is 0 Å². The average Bonchev–Trinajstić information content (AvgIpc) is 2.18. The molecule has 4 heteroatoms. The van der Waals surface area contributed by atoms with Crippen LogP contribution in [0.4, 0.5) is 0 Å². The van der Waals surface area contributed by atoms with Gasteiger partial charge in [-0.15, -0.1) is 0 Å². The summed E-state index contributed by atoms with van der Waals surface area (Å²) in [6.07, 6.45) is 3.72. The van der Waals surface area contributed by atoms with Crippen LogP contribution in [0.2, 0.25) is 0 Å². The molecule has 4 nitrogen and oxygen atoms in total. The van der Waals surface area contributed by atoms with Gasteiger partial charge in [0.05, 0.1) is 0 Å². The Morgan fingerprint density at radius 3 is 3.07 bits per heavy atom. The van der Waals surface area contributed by atoms with E-state index in [4.69, 9.17) is 5.73 Å². The number of carbonyl (C=O) groups is 1. The second kappa shape index (κ2) is 6.80. The van der Waals surface area contributed by atoms with Crippen molar-refractivity contribution in [3.8, 4) is 0 Å². The standard InChI is InChI=1S/C11H23N3O/c1-10(15)13-6-8-14-7-2-3-11(9-14)4-5-12/h11H,2-9,12H2,1H3,(H,13,15). The molecule has 1 heterocycles. The average molecular weight is 213 g/mol. The Morgan fingerprint density at radius 2 is 2.40 bits per heavy atom. The third kappa shape index (κ3) is 5.14. The van der Waals surface area contributed by atoms with E-state index >= 15 is 0 Å². The van der Waals surface area contributed by atoms with E-state index in [1.807, 2.05) is 0 Å². The van der Waals surface area contributed by atoms with E-state index in [-0.39, 0.29) is 5.91 Å². The molecule has 1 amide bonds. The largest absolute Gasteiger partial charge is 0.355 e. The van der Waals surface area contributed by atoms with Crippen molar-refractivity contribution in [2.75, 3.05) is 32.7 Å². The van der Waals surface area contributed by atoms with Gasteiger partial charge in [0, 0.05) is 26.6 Å². The van der Waals surface area contributed by atoms with Gasteiger partial charge < -0.3 is 16.0 Å². The molecule has 0 radical (unpaired) electrons. The highest BCUT2D eigenvalue weighted by molar-refractivity contribution is 5.72. The van der Waals surface area contributed by atoms with Crippen LogP contribution in [0, 0.1) is 5.92 Å². The monoisotopic (exact) mass is 213 g/mol. The highest BCUT2D eigenvalue weighted by Crippen LogP contribution is 2.18. The highest BCUT2D eigenvalue weighted by atomic mass is 16.1. The van der Waals surface area contributed by atoms with Crippen LogP contribution < -0.4 is 11.1 Å². The zero-order valence-electron chi connectivity index (χ0n) is 9.67. The summed E-state index contributed by atoms with van der Waals surface area (Å²) >= 11 is 0. The third-order valence-electron chi connectivity index (χ3n) is 2.98. The number of amides is 1. The van der Waals surface area contributed by atoms with Crippen LogP contribution in [-0.4, -0.2) is 43.5 Å². The van der Waals surface area contributed by atoms with E-state index in [0.717, 1.165) is 38.5 Å². The molecular formula is C11H23N3O. The van der Waals surface area contributed by atoms with Gasteiger partial charge in [0.2, 0.25) is 5.91 Å². The number of hydrogen-bond donors (Lipinski definition) is 2. The van der Waals surface area contributed by atoms with Crippen molar-refractivity contribution < 1.29 is 4.79 Å². The summed E-state index contributed by atoms with van der Waals surface area (Å²) in [6, 6.07) is 0. The van der Waals surface area contributed by atoms with Gasteiger partial charge in [-0.05, 0) is 38.3 Å². The zero-order valence-corrected chi connectivity index (χ0v) is 9.67. The molecular weight excluding hydrogens is 190 g/mol. The molecule has 15 heavy (non-hydrogen) atoms. The predicted octanol–water partition coefficient (Wildman–Crippen LogP) is 0.183. The number of likely N-dealkylation sites (tertiary alicyclic amines) is 1. The second-order valence-corrected chi connectivity index (χ2v) is 4.37. The normalized spacial score (nSPS) is 22.7. The van der Waals surface area contributed by atoms with Crippen molar-refractivity contribution in [2.24, 2.45) is 11.7 Å². The van der Waals surface area contributed by atoms with Gasteiger partial charge in [-0.2, -0.15) is 0 Å². The maximum Gasteiger partial charge on any atom is 0.216 e. The van der Waals surface area contributed by atoms with Crippen LogP contribution in [-0.2, 0) is 4.79 Å². The number of nitrogens with two attached hydrogens (primary N) is 1. The molecule has 0 aromatic rings. The second-order valence-electron chi connectivity index (χ2n) is 4.37. The molecule has 0 bridgehead atoms. The lowest BCUT2D eigenvalue weighted by molar-refractivity contribution is -0.119. The summed E-state index contributed by atoms with van der Waals surface area (Å²) in [5.74, 6) is 0.826. The van der Waals surface area contributed by atoms with Crippen molar-refractivity contribution in [1.29, 1.82) is 0 Å². The molecule has 1 atom stereocenters. The van der Waals surface area contributed by atoms with Gasteiger partial charge in [0.15, 0.2) is 0 Å². The molecule has 1 unspecified atom stereocenters. The first kappa shape index (κ1) is 12.5. The van der Waals surface area contributed by atoms with Crippen LogP contribution in [0.5, 0.6) is 0 Å². The van der Waals surface area contributed by atoms with Crippen LogP contribution in [0.3, 0.4) is 0 Å². The highest BCUT2D eigenvalue weighted by Gasteiger charge is 2.18. The van der Waals surface area contributed by atoms with E-state index in [1.54, 1.807) is 6.92 Å². The fourth-order valence-corrected chi connectivity index (χ4v) is 2.22. The van der Waals surface area contributed by atoms with Gasteiger partial charge in [-0.3, -0.25) is 4.79 Å². The first-order valence-corrected chi connectivity index (χ1v) is 5.89. The predicted molar refractivity (Wildman–Crippen MR) is 61.5 cm³/mol. The smallest absolute Gasteiger partial charge is 0.216 e. The Bertz CT molecular complexity index is 194. The Balaban J connectivity index is 2.15. The van der Waals surface area contributed by atoms with Gasteiger partial charge in [-0.1, -0.05) is 0 Å². The van der Waals surface area contributed by atoms with Crippen LogP contribution in [0.1, 0.15) is 26.2 Å². The summed E-state index contributed by atoms with van der Waals surface area (Å²) in [6.45, 7) is 6.42. The SMILES string of the molecule is CC(=O)NCCN1CCCC(CCN)C1. The fraction of sp³-hybridized carbons (Fsp3) is 0.909. The van der Waals surface area contributed by atoms with Gasteiger partial charge in [0.25, 0.3) is 0 Å². The summed E-state index contributed by atoms with van der Waals surface area (Å²) in [5, 5.41) is 2.83.